The van der Waals surface area contributed by atoms with E-state index in [-0.39, 0.29) is 0 Å². The van der Waals surface area contributed by atoms with Crippen molar-refractivity contribution >= 4 is 11.8 Å². The van der Waals surface area contributed by atoms with Crippen LogP contribution in [-0.4, -0.2) is 11.4 Å². The highest BCUT2D eigenvalue weighted by molar-refractivity contribution is 7.97. The minimum atomic E-state index is 0.298. The van der Waals surface area contributed by atoms with Gasteiger partial charge in [-0.05, 0) is 36.1 Å². The van der Waals surface area contributed by atoms with Crippen LogP contribution in [0.4, 0.5) is 0 Å². The van der Waals surface area contributed by atoms with Crippen molar-refractivity contribution in [3.05, 3.63) is 53.5 Å². The molecule has 0 saturated carbocycles. The summed E-state index contributed by atoms with van der Waals surface area (Å²) in [5, 5.41) is 12.5. The van der Waals surface area contributed by atoms with E-state index in [0.717, 1.165) is 35.9 Å². The van der Waals surface area contributed by atoms with Crippen molar-refractivity contribution in [1.29, 1.82) is 0 Å². The minimum absolute atomic E-state index is 0.298. The number of aromatic hydroxyl groups is 1. The zero-order valence-corrected chi connectivity index (χ0v) is 11.2. The molecule has 0 fully saturated rings. The second-order valence-corrected chi connectivity index (χ2v) is 4.94. The Morgan fingerprint density at radius 2 is 1.78 bits per heavy atom. The van der Waals surface area contributed by atoms with Crippen LogP contribution in [0.3, 0.4) is 0 Å². The predicted octanol–water partition coefficient (Wildman–Crippen LogP) is 3.14. The summed E-state index contributed by atoms with van der Waals surface area (Å²) in [4.78, 5) is 0. The first kappa shape index (κ1) is 13.1. The van der Waals surface area contributed by atoms with Crippen LogP contribution in [0, 0.1) is 0 Å². The van der Waals surface area contributed by atoms with Crippen molar-refractivity contribution in [3.63, 3.8) is 0 Å². The number of rotatable bonds is 6. The summed E-state index contributed by atoms with van der Waals surface area (Å²) in [5.74, 6) is 3.19. The predicted molar refractivity (Wildman–Crippen MR) is 74.6 cm³/mol. The third-order valence-electron chi connectivity index (χ3n) is 2.57. The molecular weight excluding hydrogens is 246 g/mol. The first-order chi connectivity index (χ1) is 8.78. The number of benzene rings is 1. The zero-order chi connectivity index (χ0) is 12.8. The lowest BCUT2D eigenvalue weighted by Crippen LogP contribution is -2.11. The van der Waals surface area contributed by atoms with E-state index in [2.05, 4.69) is 11.6 Å². The van der Waals surface area contributed by atoms with Gasteiger partial charge in [0, 0.05) is 6.54 Å². The molecule has 0 atom stereocenters. The maximum Gasteiger partial charge on any atom is 0.118 e. The van der Waals surface area contributed by atoms with Crippen LogP contribution in [0.2, 0.25) is 0 Å². The normalized spacial score (nSPS) is 10.7. The quantitative estimate of drug-likeness (QED) is 0.840. The molecule has 4 heteroatoms. The molecule has 0 aliphatic rings. The molecule has 0 unspecified atom stereocenters. The summed E-state index contributed by atoms with van der Waals surface area (Å²) in [7, 11) is 0. The number of hydrogen-bond donors (Lipinski definition) is 2. The van der Waals surface area contributed by atoms with Gasteiger partial charge in [-0.25, -0.2) is 0 Å². The largest absolute Gasteiger partial charge is 0.508 e. The van der Waals surface area contributed by atoms with Gasteiger partial charge in [0.15, 0.2) is 0 Å². The molecule has 0 aliphatic heterocycles. The Labute approximate surface area is 111 Å². The molecule has 0 bridgehead atoms. The van der Waals surface area contributed by atoms with Crippen molar-refractivity contribution in [3.8, 4) is 5.75 Å². The highest BCUT2D eigenvalue weighted by Crippen LogP contribution is 2.13. The Morgan fingerprint density at radius 3 is 2.50 bits per heavy atom. The van der Waals surface area contributed by atoms with Gasteiger partial charge in [-0.15, -0.1) is 0 Å². The van der Waals surface area contributed by atoms with E-state index in [1.807, 2.05) is 24.3 Å². The summed E-state index contributed by atoms with van der Waals surface area (Å²) >= 11 is 1.75. The lowest BCUT2D eigenvalue weighted by Gasteiger charge is -2.03. The van der Waals surface area contributed by atoms with Crippen molar-refractivity contribution < 1.29 is 9.52 Å². The molecule has 2 aromatic rings. The summed E-state index contributed by atoms with van der Waals surface area (Å²) < 4.78 is 5.66. The van der Waals surface area contributed by atoms with Gasteiger partial charge in [-0.2, -0.15) is 11.8 Å². The van der Waals surface area contributed by atoms with Crippen LogP contribution in [-0.2, 0) is 18.8 Å². The third kappa shape index (κ3) is 3.82. The second-order valence-electron chi connectivity index (χ2n) is 4.07. The monoisotopic (exact) mass is 263 g/mol. The fraction of sp³-hybridized carbons (Fsp3) is 0.286. The number of phenols is 1. The van der Waals surface area contributed by atoms with E-state index in [4.69, 9.17) is 4.42 Å². The lowest BCUT2D eigenvalue weighted by atomic mass is 10.2. The van der Waals surface area contributed by atoms with Crippen molar-refractivity contribution in [1.82, 2.24) is 5.32 Å². The number of nitrogens with one attached hydrogen (secondary N) is 1. The minimum Gasteiger partial charge on any atom is -0.508 e. The first-order valence-electron chi connectivity index (χ1n) is 5.83. The van der Waals surface area contributed by atoms with Gasteiger partial charge in [0.25, 0.3) is 0 Å². The average molecular weight is 263 g/mol. The van der Waals surface area contributed by atoms with E-state index in [1.165, 1.54) is 0 Å². The summed E-state index contributed by atoms with van der Waals surface area (Å²) in [6, 6.07) is 11.2. The van der Waals surface area contributed by atoms with E-state index in [9.17, 15) is 5.11 Å². The van der Waals surface area contributed by atoms with Gasteiger partial charge in [0.2, 0.25) is 0 Å². The summed E-state index contributed by atoms with van der Waals surface area (Å²) in [5.41, 5.74) is 1.14. The molecule has 0 radical (unpaired) electrons. The van der Waals surface area contributed by atoms with Gasteiger partial charge in [0.05, 0.1) is 12.3 Å². The van der Waals surface area contributed by atoms with Gasteiger partial charge >= 0.3 is 0 Å². The first-order valence-corrected chi connectivity index (χ1v) is 7.22. The van der Waals surface area contributed by atoms with E-state index < -0.39 is 0 Å². The Bertz CT molecular complexity index is 479. The molecule has 2 N–H and O–H groups in total. The van der Waals surface area contributed by atoms with Crippen LogP contribution in [0.25, 0.3) is 0 Å². The van der Waals surface area contributed by atoms with Gasteiger partial charge in [-0.3, -0.25) is 0 Å². The maximum absolute atomic E-state index is 9.18. The molecular formula is C14H17NO2S. The zero-order valence-electron chi connectivity index (χ0n) is 10.3. The number of hydrogen-bond acceptors (Lipinski definition) is 4. The molecule has 96 valence electrons. The highest BCUT2D eigenvalue weighted by atomic mass is 32.2. The number of furan rings is 1. The molecule has 3 nitrogen and oxygen atoms in total. The van der Waals surface area contributed by atoms with Crippen LogP contribution >= 0.6 is 11.8 Å². The summed E-state index contributed by atoms with van der Waals surface area (Å²) in [6.07, 6.45) is 2.06. The maximum atomic E-state index is 9.18. The number of phenolic OH excluding ortho intramolecular Hbond substituents is 1. The van der Waals surface area contributed by atoms with Crippen molar-refractivity contribution in [2.75, 3.05) is 6.26 Å². The van der Waals surface area contributed by atoms with Crippen molar-refractivity contribution in [2.45, 2.75) is 18.8 Å². The second kappa shape index (κ2) is 6.52. The van der Waals surface area contributed by atoms with Gasteiger partial charge < -0.3 is 14.8 Å². The SMILES string of the molecule is CSCc1ccc(CNCc2ccc(O)cc2)o1. The smallest absolute Gasteiger partial charge is 0.118 e. The highest BCUT2D eigenvalue weighted by Gasteiger charge is 2.01. The molecule has 1 aromatic carbocycles. The fourth-order valence-electron chi connectivity index (χ4n) is 1.68. The molecule has 0 aliphatic carbocycles. The molecule has 0 saturated heterocycles. The Hall–Kier alpha value is -1.39. The Morgan fingerprint density at radius 1 is 1.06 bits per heavy atom. The van der Waals surface area contributed by atoms with Crippen LogP contribution in [0.15, 0.2) is 40.8 Å². The van der Waals surface area contributed by atoms with Crippen LogP contribution < -0.4 is 5.32 Å². The third-order valence-corrected chi connectivity index (χ3v) is 3.14. The van der Waals surface area contributed by atoms with Gasteiger partial charge in [-0.1, -0.05) is 12.1 Å². The summed E-state index contributed by atoms with van der Waals surface area (Å²) in [6.45, 7) is 1.48. The molecule has 2 rings (SSSR count). The lowest BCUT2D eigenvalue weighted by molar-refractivity contribution is 0.458. The molecule has 0 spiro atoms. The van der Waals surface area contributed by atoms with E-state index in [1.54, 1.807) is 23.9 Å². The molecule has 1 heterocycles. The van der Waals surface area contributed by atoms with Crippen LogP contribution in [0.1, 0.15) is 17.1 Å². The Kier molecular flexibility index (Phi) is 4.73. The van der Waals surface area contributed by atoms with Crippen LogP contribution in [0.5, 0.6) is 5.75 Å². The topological polar surface area (TPSA) is 45.4 Å². The molecule has 0 amide bonds. The standard InChI is InChI=1S/C14H17NO2S/c1-18-10-14-7-6-13(17-14)9-15-8-11-2-4-12(16)5-3-11/h2-7,15-16H,8-10H2,1H3. The van der Waals surface area contributed by atoms with Gasteiger partial charge in [0.1, 0.15) is 17.3 Å². The number of thioether (sulfide) groups is 1. The molecule has 1 aromatic heterocycles. The van der Waals surface area contributed by atoms with E-state index in [0.29, 0.717) is 5.75 Å². The average Bonchev–Trinajstić information content (AvgIpc) is 2.80. The Balaban J connectivity index is 1.79. The fourth-order valence-corrected chi connectivity index (χ4v) is 2.12. The van der Waals surface area contributed by atoms with E-state index >= 15 is 0 Å². The van der Waals surface area contributed by atoms with Crippen molar-refractivity contribution in [2.24, 2.45) is 0 Å². The molecule has 18 heavy (non-hydrogen) atoms.